The molecule has 0 unspecified atom stereocenters. The van der Waals surface area contributed by atoms with Gasteiger partial charge < -0.3 is 14.4 Å². The molecule has 0 aliphatic heterocycles. The Labute approximate surface area is 214 Å². The highest BCUT2D eigenvalue weighted by Crippen LogP contribution is 2.57. The van der Waals surface area contributed by atoms with Crippen LogP contribution in [-0.4, -0.2) is 18.2 Å². The van der Waals surface area contributed by atoms with E-state index in [4.69, 9.17) is 9.47 Å². The first-order valence-corrected chi connectivity index (χ1v) is 13.3. The van der Waals surface area contributed by atoms with Crippen molar-refractivity contribution < 1.29 is 14.3 Å². The summed E-state index contributed by atoms with van der Waals surface area (Å²) in [4.78, 5) is 15.2. The molecular weight excluding hydrogens is 446 g/mol. The topological polar surface area (TPSA) is 38.8 Å². The van der Waals surface area contributed by atoms with Gasteiger partial charge in [0.05, 0.1) is 0 Å². The molecule has 0 saturated heterocycles. The van der Waals surface area contributed by atoms with Crippen LogP contribution in [0.4, 0.5) is 17.1 Å². The molecular formula is C32H35NO3. The second-order valence-corrected chi connectivity index (χ2v) is 11.3. The molecule has 36 heavy (non-hydrogen) atoms. The summed E-state index contributed by atoms with van der Waals surface area (Å²) in [6.07, 6.45) is 7.15. The van der Waals surface area contributed by atoms with Gasteiger partial charge in [-0.1, -0.05) is 36.4 Å². The SMILES string of the molecule is Cc1cc(N(c2ccccc2)c2ccccc2)cc(C)c1OCC(=O)OC12CC3CC(CC(C3)C1)C2. The maximum Gasteiger partial charge on any atom is 0.344 e. The molecule has 4 aliphatic carbocycles. The Balaban J connectivity index is 1.19. The summed E-state index contributed by atoms with van der Waals surface area (Å²) in [5, 5.41) is 0. The van der Waals surface area contributed by atoms with Crippen LogP contribution in [0.2, 0.25) is 0 Å². The molecule has 4 saturated carbocycles. The lowest BCUT2D eigenvalue weighted by Gasteiger charge is -2.55. The van der Waals surface area contributed by atoms with Crippen LogP contribution in [-0.2, 0) is 9.53 Å². The number of nitrogens with zero attached hydrogens (tertiary/aromatic N) is 1. The van der Waals surface area contributed by atoms with Crippen molar-refractivity contribution >= 4 is 23.0 Å². The average Bonchev–Trinajstić information content (AvgIpc) is 2.84. The summed E-state index contributed by atoms with van der Waals surface area (Å²) < 4.78 is 12.3. The lowest BCUT2D eigenvalue weighted by molar-refractivity contribution is -0.188. The lowest BCUT2D eigenvalue weighted by atomic mass is 9.54. The van der Waals surface area contributed by atoms with Gasteiger partial charge in [0.15, 0.2) is 6.61 Å². The number of hydrogen-bond acceptors (Lipinski definition) is 4. The maximum absolute atomic E-state index is 12.9. The summed E-state index contributed by atoms with van der Waals surface area (Å²) in [5.74, 6) is 2.79. The van der Waals surface area contributed by atoms with Gasteiger partial charge >= 0.3 is 5.97 Å². The molecule has 0 atom stereocenters. The number of rotatable bonds is 7. The first kappa shape index (κ1) is 23.1. The van der Waals surface area contributed by atoms with E-state index in [1.54, 1.807) is 0 Å². The van der Waals surface area contributed by atoms with Gasteiger partial charge in [0.25, 0.3) is 0 Å². The van der Waals surface area contributed by atoms with Gasteiger partial charge in [-0.05, 0) is 118 Å². The van der Waals surface area contributed by atoms with Gasteiger partial charge in [-0.2, -0.15) is 0 Å². The molecule has 3 aromatic rings. The molecule has 186 valence electrons. The molecule has 0 radical (unpaired) electrons. The van der Waals surface area contributed by atoms with E-state index in [2.05, 4.69) is 65.6 Å². The number of carbonyl (C=O) groups excluding carboxylic acids is 1. The Morgan fingerprint density at radius 1 is 0.778 bits per heavy atom. The minimum absolute atomic E-state index is 0.0378. The quantitative estimate of drug-likeness (QED) is 0.325. The summed E-state index contributed by atoms with van der Waals surface area (Å²) >= 11 is 0. The van der Waals surface area contributed by atoms with E-state index in [1.165, 1.54) is 19.3 Å². The van der Waals surface area contributed by atoms with Gasteiger partial charge in [0, 0.05) is 17.1 Å². The van der Waals surface area contributed by atoms with Crippen LogP contribution in [0.1, 0.15) is 49.7 Å². The zero-order chi connectivity index (χ0) is 24.7. The van der Waals surface area contributed by atoms with Crippen molar-refractivity contribution in [1.82, 2.24) is 0 Å². The number of carbonyl (C=O) groups is 1. The molecule has 0 spiro atoms. The van der Waals surface area contributed by atoms with E-state index in [0.29, 0.717) is 0 Å². The predicted octanol–water partition coefficient (Wildman–Crippen LogP) is 7.66. The zero-order valence-corrected chi connectivity index (χ0v) is 21.3. The minimum Gasteiger partial charge on any atom is -0.481 e. The minimum atomic E-state index is -0.227. The van der Waals surface area contributed by atoms with Gasteiger partial charge in [-0.25, -0.2) is 4.79 Å². The summed E-state index contributed by atoms with van der Waals surface area (Å²) in [6.45, 7) is 4.05. The number of esters is 1. The molecule has 7 rings (SSSR count). The van der Waals surface area contributed by atoms with Crippen LogP contribution in [0.5, 0.6) is 5.75 Å². The molecule has 0 aromatic heterocycles. The van der Waals surface area contributed by atoms with E-state index in [9.17, 15) is 4.79 Å². The Hall–Kier alpha value is -3.27. The number of benzene rings is 3. The Morgan fingerprint density at radius 3 is 1.72 bits per heavy atom. The van der Waals surface area contributed by atoms with Crippen molar-refractivity contribution in [3.8, 4) is 5.75 Å². The van der Waals surface area contributed by atoms with Gasteiger partial charge in [-0.15, -0.1) is 0 Å². The third-order valence-corrected chi connectivity index (χ3v) is 8.38. The highest BCUT2D eigenvalue weighted by molar-refractivity contribution is 5.78. The smallest absolute Gasteiger partial charge is 0.344 e. The Kier molecular flexibility index (Phi) is 5.99. The molecule has 3 aromatic carbocycles. The molecule has 4 aliphatic rings. The van der Waals surface area contributed by atoms with Crippen LogP contribution in [0.3, 0.4) is 0 Å². The Morgan fingerprint density at radius 2 is 1.25 bits per heavy atom. The fourth-order valence-corrected chi connectivity index (χ4v) is 7.44. The van der Waals surface area contributed by atoms with E-state index < -0.39 is 0 Å². The average molecular weight is 482 g/mol. The van der Waals surface area contributed by atoms with Gasteiger partial charge in [0.2, 0.25) is 0 Å². The largest absolute Gasteiger partial charge is 0.481 e. The second kappa shape index (κ2) is 9.31. The molecule has 0 heterocycles. The summed E-state index contributed by atoms with van der Waals surface area (Å²) in [6, 6.07) is 25.0. The molecule has 4 heteroatoms. The van der Waals surface area contributed by atoms with E-state index in [1.807, 2.05) is 26.0 Å². The molecule has 4 bridgehead atoms. The third-order valence-electron chi connectivity index (χ3n) is 8.38. The lowest BCUT2D eigenvalue weighted by Crippen LogP contribution is -2.53. The normalized spacial score (nSPS) is 26.0. The van der Waals surface area contributed by atoms with E-state index in [0.717, 1.165) is 71.0 Å². The fraction of sp³-hybridized carbons (Fsp3) is 0.406. The Bertz CT molecular complexity index is 1140. The zero-order valence-electron chi connectivity index (χ0n) is 21.3. The van der Waals surface area contributed by atoms with Gasteiger partial charge in [-0.3, -0.25) is 0 Å². The number of aryl methyl sites for hydroxylation is 2. The molecule has 4 nitrogen and oxygen atoms in total. The standard InChI is InChI=1S/C32H35NO3/c1-22-13-29(33(27-9-5-3-6-10-27)28-11-7-4-8-12-28)14-23(2)31(22)35-21-30(34)36-32-18-24-15-25(19-32)17-26(16-24)20-32/h3-14,24-26H,15-21H2,1-2H3. The van der Waals surface area contributed by atoms with Crippen LogP contribution in [0.15, 0.2) is 72.8 Å². The van der Waals surface area contributed by atoms with Crippen molar-refractivity contribution in [2.75, 3.05) is 11.5 Å². The van der Waals surface area contributed by atoms with Crippen LogP contribution < -0.4 is 9.64 Å². The van der Waals surface area contributed by atoms with Crippen LogP contribution in [0, 0.1) is 31.6 Å². The number of para-hydroxylation sites is 2. The first-order valence-electron chi connectivity index (χ1n) is 13.3. The fourth-order valence-electron chi connectivity index (χ4n) is 7.44. The predicted molar refractivity (Wildman–Crippen MR) is 143 cm³/mol. The molecule has 0 N–H and O–H groups in total. The maximum atomic E-state index is 12.9. The highest BCUT2D eigenvalue weighted by Gasteiger charge is 2.53. The summed E-state index contributed by atoms with van der Waals surface area (Å²) in [7, 11) is 0. The first-order chi connectivity index (χ1) is 17.5. The number of ether oxygens (including phenoxy) is 2. The second-order valence-electron chi connectivity index (χ2n) is 11.3. The van der Waals surface area contributed by atoms with E-state index in [-0.39, 0.29) is 18.2 Å². The van der Waals surface area contributed by atoms with Crippen molar-refractivity contribution in [3.63, 3.8) is 0 Å². The van der Waals surface area contributed by atoms with E-state index >= 15 is 0 Å². The van der Waals surface area contributed by atoms with Crippen molar-refractivity contribution in [3.05, 3.63) is 83.9 Å². The van der Waals surface area contributed by atoms with Crippen molar-refractivity contribution in [2.45, 2.75) is 58.0 Å². The summed E-state index contributed by atoms with van der Waals surface area (Å²) in [5.41, 5.74) is 5.03. The van der Waals surface area contributed by atoms with Crippen molar-refractivity contribution in [2.24, 2.45) is 17.8 Å². The monoisotopic (exact) mass is 481 g/mol. The highest BCUT2D eigenvalue weighted by atomic mass is 16.6. The third kappa shape index (κ3) is 4.50. The van der Waals surface area contributed by atoms with Gasteiger partial charge in [0.1, 0.15) is 11.4 Å². The number of anilines is 3. The van der Waals surface area contributed by atoms with Crippen LogP contribution in [0.25, 0.3) is 0 Å². The molecule has 0 amide bonds. The van der Waals surface area contributed by atoms with Crippen LogP contribution >= 0.6 is 0 Å². The van der Waals surface area contributed by atoms with Crippen molar-refractivity contribution in [1.29, 1.82) is 0 Å². The molecule has 4 fully saturated rings. The number of hydrogen-bond donors (Lipinski definition) is 0.